The van der Waals surface area contributed by atoms with Crippen LogP contribution in [0, 0.1) is 5.82 Å². The molecule has 0 aromatic heterocycles. The predicted molar refractivity (Wildman–Crippen MR) is 93.8 cm³/mol. The molecule has 0 spiro atoms. The summed E-state index contributed by atoms with van der Waals surface area (Å²) in [5.41, 5.74) is 6.32. The smallest absolute Gasteiger partial charge is 0.257 e. The maximum Gasteiger partial charge on any atom is 0.257 e. The van der Waals surface area contributed by atoms with Crippen LogP contribution in [0.5, 0.6) is 0 Å². The number of nitrogens with one attached hydrogen (secondary N) is 4. The fourth-order valence-corrected chi connectivity index (χ4v) is 1.99. The average molecular weight is 353 g/mol. The van der Waals surface area contributed by atoms with Crippen molar-refractivity contribution in [2.75, 3.05) is 17.2 Å². The highest BCUT2D eigenvalue weighted by Crippen LogP contribution is 2.19. The normalized spacial score (nSPS) is 9.83. The summed E-state index contributed by atoms with van der Waals surface area (Å²) < 4.78 is 13.0. The summed E-state index contributed by atoms with van der Waals surface area (Å²) in [7, 11) is 0. The van der Waals surface area contributed by atoms with E-state index in [-0.39, 0.29) is 22.6 Å². The minimum absolute atomic E-state index is 0.0195. The molecule has 0 radical (unpaired) electrons. The molecule has 2 aromatic rings. The number of benzene rings is 2. The Morgan fingerprint density at radius 3 is 2.52 bits per heavy atom. The molecule has 0 heterocycles. The van der Waals surface area contributed by atoms with E-state index in [1.807, 2.05) is 30.3 Å². The number of carbonyl (C=O) groups is 1. The molecular weight excluding hydrogens is 339 g/mol. The Kier molecular flexibility index (Phi) is 6.13. The lowest BCUT2D eigenvalue weighted by Crippen LogP contribution is -2.45. The van der Waals surface area contributed by atoms with Gasteiger partial charge >= 0.3 is 0 Å². The maximum atomic E-state index is 13.0. The van der Waals surface area contributed by atoms with Gasteiger partial charge in [0.1, 0.15) is 5.82 Å². The van der Waals surface area contributed by atoms with Crippen molar-refractivity contribution in [2.45, 2.75) is 0 Å². The SMILES string of the molecule is O=C(CNc1ccccc1)NNC(=S)Nc1ccc(F)c(Cl)c1. The van der Waals surface area contributed by atoms with Gasteiger partial charge in [-0.05, 0) is 42.5 Å². The van der Waals surface area contributed by atoms with Crippen LogP contribution in [-0.4, -0.2) is 17.6 Å². The first-order valence-electron chi connectivity index (χ1n) is 6.64. The molecule has 0 fully saturated rings. The van der Waals surface area contributed by atoms with Gasteiger partial charge in [0.05, 0.1) is 11.6 Å². The minimum atomic E-state index is -0.517. The maximum absolute atomic E-state index is 13.0. The van der Waals surface area contributed by atoms with Crippen molar-refractivity contribution in [3.63, 3.8) is 0 Å². The highest BCUT2D eigenvalue weighted by atomic mass is 35.5. The number of carbonyl (C=O) groups excluding carboxylic acids is 1. The van der Waals surface area contributed by atoms with Crippen LogP contribution in [0.15, 0.2) is 48.5 Å². The van der Waals surface area contributed by atoms with E-state index in [1.54, 1.807) is 0 Å². The van der Waals surface area contributed by atoms with E-state index in [4.69, 9.17) is 23.8 Å². The lowest BCUT2D eigenvalue weighted by molar-refractivity contribution is -0.119. The van der Waals surface area contributed by atoms with E-state index in [1.165, 1.54) is 18.2 Å². The van der Waals surface area contributed by atoms with Crippen molar-refractivity contribution in [3.8, 4) is 0 Å². The van der Waals surface area contributed by atoms with Crippen LogP contribution in [0.25, 0.3) is 0 Å². The number of thiocarbonyl (C=S) groups is 1. The van der Waals surface area contributed by atoms with Crippen molar-refractivity contribution in [1.29, 1.82) is 0 Å². The fourth-order valence-electron chi connectivity index (χ4n) is 1.65. The van der Waals surface area contributed by atoms with Crippen LogP contribution in [0.2, 0.25) is 5.02 Å². The predicted octanol–water partition coefficient (Wildman–Crippen LogP) is 2.91. The van der Waals surface area contributed by atoms with Crippen molar-refractivity contribution in [3.05, 3.63) is 59.4 Å². The van der Waals surface area contributed by atoms with Crippen molar-refractivity contribution < 1.29 is 9.18 Å². The molecule has 2 rings (SSSR count). The van der Waals surface area contributed by atoms with Crippen LogP contribution in [0.3, 0.4) is 0 Å². The summed E-state index contributed by atoms with van der Waals surface area (Å²) in [5, 5.41) is 5.86. The van der Waals surface area contributed by atoms with Crippen molar-refractivity contribution in [2.24, 2.45) is 0 Å². The molecular formula is C15H14ClFN4OS. The van der Waals surface area contributed by atoms with E-state index in [9.17, 15) is 9.18 Å². The van der Waals surface area contributed by atoms with Crippen LogP contribution in [-0.2, 0) is 4.79 Å². The molecule has 4 N–H and O–H groups in total. The summed E-state index contributed by atoms with van der Waals surface area (Å²) >= 11 is 10.7. The minimum Gasteiger partial charge on any atom is -0.376 e. The Hall–Kier alpha value is -2.38. The number of hydrazine groups is 1. The molecule has 2 aromatic carbocycles. The lowest BCUT2D eigenvalue weighted by Gasteiger charge is -2.12. The van der Waals surface area contributed by atoms with E-state index in [0.29, 0.717) is 5.69 Å². The molecule has 0 aliphatic carbocycles. The van der Waals surface area contributed by atoms with E-state index in [0.717, 1.165) is 5.69 Å². The first kappa shape index (κ1) is 17.0. The second kappa shape index (κ2) is 8.30. The summed E-state index contributed by atoms with van der Waals surface area (Å²) in [5.74, 6) is -0.813. The fraction of sp³-hybridized carbons (Fsp3) is 0.0667. The second-order valence-corrected chi connectivity index (χ2v) is 5.29. The van der Waals surface area contributed by atoms with Crippen LogP contribution < -0.4 is 21.5 Å². The highest BCUT2D eigenvalue weighted by molar-refractivity contribution is 7.80. The quantitative estimate of drug-likeness (QED) is 0.503. The Bertz CT molecular complexity index is 699. The molecule has 0 aliphatic heterocycles. The zero-order valence-electron chi connectivity index (χ0n) is 11.9. The Balaban J connectivity index is 1.73. The number of para-hydroxylation sites is 1. The van der Waals surface area contributed by atoms with Gasteiger partial charge in [-0.2, -0.15) is 0 Å². The average Bonchev–Trinajstić information content (AvgIpc) is 2.55. The monoisotopic (exact) mass is 352 g/mol. The first-order valence-corrected chi connectivity index (χ1v) is 7.43. The van der Waals surface area contributed by atoms with E-state index in [2.05, 4.69) is 21.5 Å². The van der Waals surface area contributed by atoms with Gasteiger partial charge in [0.25, 0.3) is 5.91 Å². The molecule has 0 saturated carbocycles. The van der Waals surface area contributed by atoms with Gasteiger partial charge in [0.15, 0.2) is 5.11 Å². The first-order chi connectivity index (χ1) is 11.0. The van der Waals surface area contributed by atoms with Gasteiger partial charge in [0, 0.05) is 11.4 Å². The van der Waals surface area contributed by atoms with Crippen LogP contribution in [0.4, 0.5) is 15.8 Å². The third-order valence-corrected chi connectivity index (χ3v) is 3.21. The number of anilines is 2. The zero-order chi connectivity index (χ0) is 16.7. The standard InChI is InChI=1S/C15H14ClFN4OS/c16-12-8-11(6-7-13(12)17)19-15(23)21-20-14(22)9-18-10-4-2-1-3-5-10/h1-8,18H,9H2,(H,20,22)(H2,19,21,23). The molecule has 120 valence electrons. The number of amides is 1. The third kappa shape index (κ3) is 5.72. The molecule has 23 heavy (non-hydrogen) atoms. The Morgan fingerprint density at radius 1 is 1.09 bits per heavy atom. The van der Waals surface area contributed by atoms with E-state index >= 15 is 0 Å². The molecule has 0 saturated heterocycles. The van der Waals surface area contributed by atoms with Crippen LogP contribution >= 0.6 is 23.8 Å². The molecule has 0 aliphatic rings. The number of halogens is 2. The van der Waals surface area contributed by atoms with Gasteiger partial charge in [-0.15, -0.1) is 0 Å². The highest BCUT2D eigenvalue weighted by Gasteiger charge is 2.04. The summed E-state index contributed by atoms with van der Waals surface area (Å²) in [6.45, 7) is 0.0853. The largest absolute Gasteiger partial charge is 0.376 e. The summed E-state index contributed by atoms with van der Waals surface area (Å²) in [6, 6.07) is 13.4. The second-order valence-electron chi connectivity index (χ2n) is 4.48. The number of hydrogen-bond donors (Lipinski definition) is 4. The topological polar surface area (TPSA) is 65.2 Å². The molecule has 5 nitrogen and oxygen atoms in total. The van der Waals surface area contributed by atoms with E-state index < -0.39 is 5.82 Å². The van der Waals surface area contributed by atoms with Gasteiger partial charge in [-0.25, -0.2) is 4.39 Å². The molecule has 0 atom stereocenters. The van der Waals surface area contributed by atoms with Crippen LogP contribution in [0.1, 0.15) is 0 Å². The van der Waals surface area contributed by atoms with Crippen molar-refractivity contribution >= 4 is 46.2 Å². The Labute approximate surface area is 143 Å². The van der Waals surface area contributed by atoms with Gasteiger partial charge < -0.3 is 10.6 Å². The summed E-state index contributed by atoms with van der Waals surface area (Å²) in [4.78, 5) is 11.7. The van der Waals surface area contributed by atoms with Gasteiger partial charge in [0.2, 0.25) is 0 Å². The number of hydrogen-bond acceptors (Lipinski definition) is 3. The van der Waals surface area contributed by atoms with Crippen molar-refractivity contribution in [1.82, 2.24) is 10.9 Å². The third-order valence-electron chi connectivity index (χ3n) is 2.72. The molecule has 8 heteroatoms. The number of rotatable bonds is 4. The zero-order valence-corrected chi connectivity index (χ0v) is 13.5. The van der Waals surface area contributed by atoms with Gasteiger partial charge in [-0.1, -0.05) is 29.8 Å². The molecule has 1 amide bonds. The summed E-state index contributed by atoms with van der Waals surface area (Å²) in [6.07, 6.45) is 0. The van der Waals surface area contributed by atoms with Gasteiger partial charge in [-0.3, -0.25) is 15.6 Å². The Morgan fingerprint density at radius 2 is 1.83 bits per heavy atom. The lowest BCUT2D eigenvalue weighted by atomic mass is 10.3. The molecule has 0 unspecified atom stereocenters. The molecule has 0 bridgehead atoms.